The number of ether oxygens (including phenoxy) is 1. The predicted molar refractivity (Wildman–Crippen MR) is 78.7 cm³/mol. The Kier molecular flexibility index (Phi) is 3.79. The minimum atomic E-state index is 0.534. The minimum absolute atomic E-state index is 0.534. The zero-order chi connectivity index (χ0) is 13.1. The Balaban J connectivity index is 1.54. The summed E-state index contributed by atoms with van der Waals surface area (Å²) in [5.41, 5.74) is 1.96. The molecule has 1 saturated carbocycles. The summed E-state index contributed by atoms with van der Waals surface area (Å²) in [7, 11) is 0. The molecule has 2 nitrogen and oxygen atoms in total. The van der Waals surface area contributed by atoms with Gasteiger partial charge >= 0.3 is 0 Å². The van der Waals surface area contributed by atoms with Gasteiger partial charge in [-0.3, -0.25) is 0 Å². The number of hydrogen-bond donors (Lipinski definition) is 1. The fourth-order valence-corrected chi connectivity index (χ4v) is 3.69. The molecule has 19 heavy (non-hydrogen) atoms. The molecular formula is C17H25NO. The third-order valence-corrected chi connectivity index (χ3v) is 5.10. The smallest absolute Gasteiger partial charge is 0.122 e. The van der Waals surface area contributed by atoms with Gasteiger partial charge in [0.05, 0.1) is 6.61 Å². The van der Waals surface area contributed by atoms with Crippen LogP contribution < -0.4 is 10.1 Å². The molecule has 1 aliphatic carbocycles. The van der Waals surface area contributed by atoms with Crippen molar-refractivity contribution in [2.75, 3.05) is 19.7 Å². The second-order valence-corrected chi connectivity index (χ2v) is 6.24. The lowest BCUT2D eigenvalue weighted by Gasteiger charge is -2.28. The van der Waals surface area contributed by atoms with E-state index in [1.165, 1.54) is 44.2 Å². The molecule has 104 valence electrons. The molecule has 2 aliphatic rings. The largest absolute Gasteiger partial charge is 0.493 e. The molecule has 1 atom stereocenters. The summed E-state index contributed by atoms with van der Waals surface area (Å²) >= 11 is 0. The second-order valence-electron chi connectivity index (χ2n) is 6.24. The van der Waals surface area contributed by atoms with Crippen LogP contribution in [0.3, 0.4) is 0 Å². The first-order valence-corrected chi connectivity index (χ1v) is 7.75. The van der Waals surface area contributed by atoms with Gasteiger partial charge in [0.1, 0.15) is 5.75 Å². The lowest BCUT2D eigenvalue weighted by molar-refractivity contribution is 0.260. The monoisotopic (exact) mass is 259 g/mol. The molecule has 1 aromatic carbocycles. The number of benzene rings is 1. The molecule has 1 unspecified atom stereocenters. The van der Waals surface area contributed by atoms with Crippen LogP contribution in [0, 0.1) is 5.41 Å². The normalized spacial score (nSPS) is 24.2. The number of nitrogens with one attached hydrogen (secondary N) is 1. The molecule has 0 amide bonds. The summed E-state index contributed by atoms with van der Waals surface area (Å²) in [5, 5.41) is 3.72. The standard InChI is InChI=1S/C17H25NO/c1-2-17(9-5-6-10-17)13-18-11-14-12-19-16-8-4-3-7-15(14)16/h3-4,7-8,14,18H,2,5-6,9-13H2,1H3. The van der Waals surface area contributed by atoms with Crippen LogP contribution in [0.5, 0.6) is 5.75 Å². The zero-order valence-corrected chi connectivity index (χ0v) is 12.0. The van der Waals surface area contributed by atoms with Crippen LogP contribution in [0.2, 0.25) is 0 Å². The van der Waals surface area contributed by atoms with Gasteiger partial charge in [-0.05, 0) is 30.7 Å². The van der Waals surface area contributed by atoms with E-state index in [2.05, 4.69) is 36.5 Å². The van der Waals surface area contributed by atoms with Crippen molar-refractivity contribution in [3.05, 3.63) is 29.8 Å². The van der Waals surface area contributed by atoms with Gasteiger partial charge in [-0.25, -0.2) is 0 Å². The first kappa shape index (κ1) is 13.0. The molecule has 1 aliphatic heterocycles. The molecule has 0 bridgehead atoms. The van der Waals surface area contributed by atoms with Crippen LogP contribution in [0.1, 0.15) is 50.5 Å². The predicted octanol–water partition coefficient (Wildman–Crippen LogP) is 3.72. The summed E-state index contributed by atoms with van der Waals surface area (Å²) < 4.78 is 5.75. The van der Waals surface area contributed by atoms with Crippen molar-refractivity contribution in [2.24, 2.45) is 5.41 Å². The van der Waals surface area contributed by atoms with Gasteiger partial charge in [0.25, 0.3) is 0 Å². The summed E-state index contributed by atoms with van der Waals surface area (Å²) in [6.07, 6.45) is 6.98. The number of hydrogen-bond acceptors (Lipinski definition) is 2. The SMILES string of the molecule is CCC1(CNCC2COc3ccccc32)CCCC1. The van der Waals surface area contributed by atoms with E-state index < -0.39 is 0 Å². The van der Waals surface area contributed by atoms with Crippen molar-refractivity contribution in [1.29, 1.82) is 0 Å². The van der Waals surface area contributed by atoms with Crippen LogP contribution in [-0.2, 0) is 0 Å². The third kappa shape index (κ3) is 2.64. The van der Waals surface area contributed by atoms with E-state index in [9.17, 15) is 0 Å². The van der Waals surface area contributed by atoms with Crippen molar-refractivity contribution < 1.29 is 4.74 Å². The number of fused-ring (bicyclic) bond motifs is 1. The van der Waals surface area contributed by atoms with E-state index in [4.69, 9.17) is 4.74 Å². The first-order chi connectivity index (χ1) is 9.33. The highest BCUT2D eigenvalue weighted by atomic mass is 16.5. The molecule has 0 saturated heterocycles. The fourth-order valence-electron chi connectivity index (χ4n) is 3.69. The van der Waals surface area contributed by atoms with Crippen molar-refractivity contribution in [2.45, 2.75) is 44.9 Å². The molecule has 0 radical (unpaired) electrons. The molecule has 0 spiro atoms. The molecule has 1 N–H and O–H groups in total. The van der Waals surface area contributed by atoms with Crippen molar-refractivity contribution in [3.8, 4) is 5.75 Å². The van der Waals surface area contributed by atoms with Crippen LogP contribution in [0.15, 0.2) is 24.3 Å². The third-order valence-electron chi connectivity index (χ3n) is 5.10. The van der Waals surface area contributed by atoms with Crippen LogP contribution >= 0.6 is 0 Å². The topological polar surface area (TPSA) is 21.3 Å². The van der Waals surface area contributed by atoms with Crippen molar-refractivity contribution in [3.63, 3.8) is 0 Å². The first-order valence-electron chi connectivity index (χ1n) is 7.75. The van der Waals surface area contributed by atoms with Crippen molar-refractivity contribution in [1.82, 2.24) is 5.32 Å². The van der Waals surface area contributed by atoms with Gasteiger partial charge in [-0.2, -0.15) is 0 Å². The molecule has 1 heterocycles. The van der Waals surface area contributed by atoms with E-state index in [-0.39, 0.29) is 0 Å². The van der Waals surface area contributed by atoms with Gasteiger partial charge in [0.2, 0.25) is 0 Å². The molecule has 1 fully saturated rings. The highest BCUT2D eigenvalue weighted by Crippen LogP contribution is 2.40. The summed E-state index contributed by atoms with van der Waals surface area (Å²) in [6.45, 7) is 5.42. The lowest BCUT2D eigenvalue weighted by atomic mass is 9.83. The second kappa shape index (κ2) is 5.54. The summed E-state index contributed by atoms with van der Waals surface area (Å²) in [4.78, 5) is 0. The van der Waals surface area contributed by atoms with E-state index in [1.54, 1.807) is 0 Å². The van der Waals surface area contributed by atoms with Gasteiger partial charge in [-0.1, -0.05) is 38.0 Å². The Labute approximate surface area is 116 Å². The highest BCUT2D eigenvalue weighted by Gasteiger charge is 2.32. The molecule has 2 heteroatoms. The lowest BCUT2D eigenvalue weighted by Crippen LogP contribution is -2.34. The van der Waals surface area contributed by atoms with E-state index in [1.807, 2.05) is 0 Å². The van der Waals surface area contributed by atoms with Crippen LogP contribution in [0.25, 0.3) is 0 Å². The average Bonchev–Trinajstić information content (AvgIpc) is 3.07. The Morgan fingerprint density at radius 3 is 2.84 bits per heavy atom. The average molecular weight is 259 g/mol. The van der Waals surface area contributed by atoms with Gasteiger partial charge in [0.15, 0.2) is 0 Å². The van der Waals surface area contributed by atoms with Gasteiger partial charge < -0.3 is 10.1 Å². The van der Waals surface area contributed by atoms with E-state index in [0.29, 0.717) is 11.3 Å². The maximum absolute atomic E-state index is 5.75. The van der Waals surface area contributed by atoms with Crippen LogP contribution in [-0.4, -0.2) is 19.7 Å². The molecule has 3 rings (SSSR count). The Bertz CT molecular complexity index is 423. The summed E-state index contributed by atoms with van der Waals surface area (Å²) in [5.74, 6) is 1.62. The van der Waals surface area contributed by atoms with E-state index >= 15 is 0 Å². The summed E-state index contributed by atoms with van der Waals surface area (Å²) in [6, 6.07) is 8.46. The van der Waals surface area contributed by atoms with Crippen LogP contribution in [0.4, 0.5) is 0 Å². The number of para-hydroxylation sites is 1. The molecular weight excluding hydrogens is 234 g/mol. The Hall–Kier alpha value is -1.02. The van der Waals surface area contributed by atoms with Crippen molar-refractivity contribution >= 4 is 0 Å². The maximum Gasteiger partial charge on any atom is 0.122 e. The quantitative estimate of drug-likeness (QED) is 0.870. The molecule has 0 aromatic heterocycles. The van der Waals surface area contributed by atoms with Gasteiger partial charge in [-0.15, -0.1) is 0 Å². The maximum atomic E-state index is 5.75. The highest BCUT2D eigenvalue weighted by molar-refractivity contribution is 5.39. The minimum Gasteiger partial charge on any atom is -0.493 e. The Morgan fingerprint density at radius 2 is 2.05 bits per heavy atom. The molecule has 1 aromatic rings. The Morgan fingerprint density at radius 1 is 1.26 bits per heavy atom. The van der Waals surface area contributed by atoms with Gasteiger partial charge in [0, 0.05) is 24.6 Å². The number of rotatable bonds is 5. The zero-order valence-electron chi connectivity index (χ0n) is 12.0. The van der Waals surface area contributed by atoms with E-state index in [0.717, 1.165) is 18.9 Å². The fraction of sp³-hybridized carbons (Fsp3) is 0.647.